The zero-order valence-corrected chi connectivity index (χ0v) is 24.7. The van der Waals surface area contributed by atoms with Crippen molar-refractivity contribution in [2.45, 2.75) is 33.1 Å². The summed E-state index contributed by atoms with van der Waals surface area (Å²) >= 11 is 1.24. The summed E-state index contributed by atoms with van der Waals surface area (Å²) in [6.07, 6.45) is 6.43. The molecule has 0 aliphatic carbocycles. The number of thiazole rings is 1. The van der Waals surface area contributed by atoms with E-state index in [2.05, 4.69) is 17.0 Å². The first kappa shape index (κ1) is 28.3. The minimum absolute atomic E-state index is 0.195. The van der Waals surface area contributed by atoms with Crippen molar-refractivity contribution < 1.29 is 13.9 Å². The molecule has 6 aromatic rings. The lowest BCUT2D eigenvalue weighted by molar-refractivity contribution is 0.301. The van der Waals surface area contributed by atoms with Crippen LogP contribution in [0.3, 0.4) is 0 Å². The molecule has 0 saturated heterocycles. The molecule has 0 spiro atoms. The van der Waals surface area contributed by atoms with Gasteiger partial charge in [-0.15, -0.1) is 5.10 Å². The van der Waals surface area contributed by atoms with Crippen molar-refractivity contribution in [1.29, 1.82) is 0 Å². The molecule has 3 aromatic carbocycles. The molecule has 43 heavy (non-hydrogen) atoms. The Hall–Kier alpha value is -4.83. The maximum Gasteiger partial charge on any atom is 0.291 e. The van der Waals surface area contributed by atoms with E-state index in [1.54, 1.807) is 22.9 Å². The van der Waals surface area contributed by atoms with Crippen LogP contribution < -0.4 is 19.6 Å². The van der Waals surface area contributed by atoms with E-state index in [9.17, 15) is 9.18 Å². The van der Waals surface area contributed by atoms with Gasteiger partial charge in [0.25, 0.3) is 5.56 Å². The third kappa shape index (κ3) is 6.05. The molecule has 0 atom stereocenters. The van der Waals surface area contributed by atoms with Crippen LogP contribution in [0.5, 0.6) is 11.5 Å². The van der Waals surface area contributed by atoms with Gasteiger partial charge in [0.05, 0.1) is 23.4 Å². The minimum atomic E-state index is -0.470. The maximum atomic E-state index is 14.9. The molecule has 10 heteroatoms. The fourth-order valence-electron chi connectivity index (χ4n) is 4.54. The molecule has 218 valence electrons. The van der Waals surface area contributed by atoms with Crippen molar-refractivity contribution in [1.82, 2.24) is 24.4 Å². The van der Waals surface area contributed by atoms with E-state index in [4.69, 9.17) is 14.6 Å². The van der Waals surface area contributed by atoms with Crippen molar-refractivity contribution in [2.75, 3.05) is 13.2 Å². The van der Waals surface area contributed by atoms with Gasteiger partial charge in [-0.3, -0.25) is 4.79 Å². The second kappa shape index (κ2) is 12.6. The van der Waals surface area contributed by atoms with Crippen LogP contribution in [0.4, 0.5) is 4.39 Å². The molecule has 0 unspecified atom stereocenters. The molecular weight excluding hydrogens is 565 g/mol. The van der Waals surface area contributed by atoms with Crippen LogP contribution >= 0.6 is 11.3 Å². The molecule has 0 aliphatic heterocycles. The zero-order chi connectivity index (χ0) is 29.8. The number of rotatable bonds is 11. The van der Waals surface area contributed by atoms with Crippen LogP contribution in [-0.4, -0.2) is 37.6 Å². The van der Waals surface area contributed by atoms with E-state index in [0.29, 0.717) is 45.4 Å². The van der Waals surface area contributed by atoms with E-state index in [-0.39, 0.29) is 11.3 Å². The predicted octanol–water partition coefficient (Wildman–Crippen LogP) is 6.33. The van der Waals surface area contributed by atoms with Crippen molar-refractivity contribution in [3.63, 3.8) is 0 Å². The fraction of sp³-hybridized carbons (Fsp3) is 0.212. The molecule has 0 saturated carbocycles. The van der Waals surface area contributed by atoms with Gasteiger partial charge >= 0.3 is 0 Å². The van der Waals surface area contributed by atoms with Crippen LogP contribution in [0.15, 0.2) is 83.8 Å². The van der Waals surface area contributed by atoms with Gasteiger partial charge in [0.15, 0.2) is 17.4 Å². The second-order valence-electron chi connectivity index (χ2n) is 9.98. The summed E-state index contributed by atoms with van der Waals surface area (Å²) in [5.41, 5.74) is 3.10. The predicted molar refractivity (Wildman–Crippen MR) is 167 cm³/mol. The second-order valence-corrected chi connectivity index (χ2v) is 11.0. The number of unbranched alkanes of at least 4 members (excludes halogenated alkanes) is 1. The number of hydrogen-bond donors (Lipinski definition) is 0. The van der Waals surface area contributed by atoms with E-state index >= 15 is 0 Å². The Bertz CT molecular complexity index is 1970. The monoisotopic (exact) mass is 595 g/mol. The van der Waals surface area contributed by atoms with Crippen molar-refractivity contribution in [3.05, 3.63) is 105 Å². The molecular formula is C33H30FN5O3S. The first-order valence-electron chi connectivity index (χ1n) is 14.3. The summed E-state index contributed by atoms with van der Waals surface area (Å²) < 4.78 is 29.7. The van der Waals surface area contributed by atoms with Crippen LogP contribution in [0, 0.1) is 5.82 Å². The lowest BCUT2D eigenvalue weighted by Crippen LogP contribution is -2.23. The maximum absolute atomic E-state index is 14.9. The van der Waals surface area contributed by atoms with E-state index < -0.39 is 5.82 Å². The number of nitrogens with zero attached hydrogens (tertiary/aromatic N) is 5. The quantitative estimate of drug-likeness (QED) is 0.163. The van der Waals surface area contributed by atoms with Crippen LogP contribution in [-0.2, 0) is 0 Å². The number of hydrogen-bond acceptors (Lipinski definition) is 7. The Morgan fingerprint density at radius 2 is 1.70 bits per heavy atom. The van der Waals surface area contributed by atoms with Gasteiger partial charge in [-0.25, -0.2) is 9.07 Å². The summed E-state index contributed by atoms with van der Waals surface area (Å²) in [7, 11) is 0. The average Bonchev–Trinajstić information content (AvgIpc) is 3.72. The number of ether oxygens (including phenoxy) is 2. The average molecular weight is 596 g/mol. The minimum Gasteiger partial charge on any atom is -0.494 e. The fourth-order valence-corrected chi connectivity index (χ4v) is 5.44. The molecule has 6 rings (SSSR count). The first-order chi connectivity index (χ1) is 21.0. The van der Waals surface area contributed by atoms with Gasteiger partial charge < -0.3 is 9.47 Å². The Morgan fingerprint density at radius 1 is 0.907 bits per heavy atom. The Kier molecular flexibility index (Phi) is 8.28. The molecule has 0 N–H and O–H groups in total. The Morgan fingerprint density at radius 3 is 2.42 bits per heavy atom. The number of benzene rings is 3. The van der Waals surface area contributed by atoms with Crippen molar-refractivity contribution in [2.24, 2.45) is 0 Å². The first-order valence-corrected chi connectivity index (χ1v) is 15.1. The molecule has 0 bridgehead atoms. The number of fused-ring (bicyclic) bond motifs is 1. The highest BCUT2D eigenvalue weighted by molar-refractivity contribution is 7.15. The summed E-state index contributed by atoms with van der Waals surface area (Å²) in [5, 5.41) is 9.25. The van der Waals surface area contributed by atoms with Gasteiger partial charge in [-0.2, -0.15) is 14.6 Å². The number of aromatic nitrogens is 5. The third-order valence-corrected chi connectivity index (χ3v) is 7.74. The standard InChI is InChI=1S/C33H30FN5O3S/c1-3-5-18-41-26-14-11-22(12-15-26)31-35-33-39(37-31)32(40)29(43-33)20-24-21-38(25-9-7-6-8-10-25)36-30(24)23-13-16-28(27(34)19-23)42-17-4-2/h6-16,19-21H,3-5,17-18H2,1-2H3. The molecule has 0 aliphatic rings. The van der Waals surface area contributed by atoms with Gasteiger partial charge in [0, 0.05) is 22.9 Å². The topological polar surface area (TPSA) is 83.5 Å². The molecule has 3 aromatic heterocycles. The van der Waals surface area contributed by atoms with Crippen LogP contribution in [0.25, 0.3) is 39.4 Å². The number of para-hydroxylation sites is 1. The molecule has 0 radical (unpaired) electrons. The highest BCUT2D eigenvalue weighted by atomic mass is 32.1. The molecule has 3 heterocycles. The van der Waals surface area contributed by atoms with E-state index in [1.807, 2.05) is 67.7 Å². The van der Waals surface area contributed by atoms with Crippen LogP contribution in [0.1, 0.15) is 38.7 Å². The Labute approximate surface area is 251 Å². The normalized spacial score (nSPS) is 11.8. The smallest absolute Gasteiger partial charge is 0.291 e. The highest BCUT2D eigenvalue weighted by Crippen LogP contribution is 2.29. The van der Waals surface area contributed by atoms with Crippen molar-refractivity contribution >= 4 is 22.4 Å². The van der Waals surface area contributed by atoms with Crippen LogP contribution in [0.2, 0.25) is 0 Å². The SMILES string of the molecule is CCCCOc1ccc(-c2nc3sc(=Cc4cn(-c5ccccc5)nc4-c4ccc(OCCC)c(F)c4)c(=O)n3n2)cc1. The lowest BCUT2D eigenvalue weighted by atomic mass is 10.1. The summed E-state index contributed by atoms with van der Waals surface area (Å²) in [4.78, 5) is 18.5. The number of halogens is 1. The lowest BCUT2D eigenvalue weighted by Gasteiger charge is -2.07. The molecule has 0 amide bonds. The van der Waals surface area contributed by atoms with Gasteiger partial charge in [0.1, 0.15) is 11.4 Å². The van der Waals surface area contributed by atoms with Crippen molar-refractivity contribution in [3.8, 4) is 39.8 Å². The largest absolute Gasteiger partial charge is 0.494 e. The zero-order valence-electron chi connectivity index (χ0n) is 23.9. The Balaban J connectivity index is 1.36. The van der Waals surface area contributed by atoms with Gasteiger partial charge in [0.2, 0.25) is 4.96 Å². The molecule has 0 fully saturated rings. The third-order valence-electron chi connectivity index (χ3n) is 6.78. The van der Waals surface area contributed by atoms with Gasteiger partial charge in [-0.05, 0) is 73.5 Å². The molecule has 8 nitrogen and oxygen atoms in total. The van der Waals surface area contributed by atoms with Gasteiger partial charge in [-0.1, -0.05) is 49.8 Å². The summed E-state index contributed by atoms with van der Waals surface area (Å²) in [6.45, 7) is 5.19. The van der Waals surface area contributed by atoms with E-state index in [1.165, 1.54) is 21.9 Å². The van der Waals surface area contributed by atoms with E-state index in [0.717, 1.165) is 36.3 Å². The summed E-state index contributed by atoms with van der Waals surface area (Å²) in [5.74, 6) is 0.978. The highest BCUT2D eigenvalue weighted by Gasteiger charge is 2.16. The summed E-state index contributed by atoms with van der Waals surface area (Å²) in [6, 6.07) is 22.0.